The number of carbonyl (C=O) groups excluding carboxylic acids is 3. The lowest BCUT2D eigenvalue weighted by Crippen LogP contribution is -2.59. The van der Waals surface area contributed by atoms with E-state index in [2.05, 4.69) is 20.3 Å². The first-order valence-electron chi connectivity index (χ1n) is 20.3. The second kappa shape index (κ2) is 15.8. The van der Waals surface area contributed by atoms with Crippen molar-refractivity contribution in [2.75, 3.05) is 31.6 Å². The highest BCUT2D eigenvalue weighted by Crippen LogP contribution is 2.48. The number of pyridine rings is 1. The minimum Gasteiger partial charge on any atom is -0.497 e. The first kappa shape index (κ1) is 41.5. The fraction of sp³-hybridized carbons (Fsp3) is 0.634. The Labute approximate surface area is 339 Å². The van der Waals surface area contributed by atoms with Gasteiger partial charge in [-0.25, -0.2) is 18.2 Å². The smallest absolute Gasteiger partial charge is 0.405 e. The lowest BCUT2D eigenvalue weighted by molar-refractivity contribution is -0.142. The molecule has 0 bridgehead atoms. The van der Waals surface area contributed by atoms with E-state index in [9.17, 15) is 32.7 Å². The van der Waals surface area contributed by atoms with Crippen LogP contribution >= 0.6 is 0 Å². The molecule has 16 nitrogen and oxygen atoms in total. The number of allylic oxidation sites excluding steroid dienone is 1. The molecule has 58 heavy (non-hydrogen) atoms. The van der Waals surface area contributed by atoms with Crippen LogP contribution in [0.15, 0.2) is 36.5 Å². The molecule has 2 aromatic rings. The number of nitrogens with zero attached hydrogens (tertiary/aromatic N) is 3. The molecule has 0 spiro atoms. The average molecular weight is 825 g/mol. The molecule has 2 aliphatic carbocycles. The summed E-state index contributed by atoms with van der Waals surface area (Å²) in [5, 5.41) is 16.7. The van der Waals surface area contributed by atoms with Crippen molar-refractivity contribution in [2.24, 2.45) is 17.8 Å². The normalized spacial score (nSPS) is 33.1. The molecule has 9 atom stereocenters. The third kappa shape index (κ3) is 8.29. The Morgan fingerprint density at radius 2 is 1.78 bits per heavy atom. The number of amides is 4. The van der Waals surface area contributed by atoms with Crippen molar-refractivity contribution in [1.82, 2.24) is 25.2 Å². The zero-order chi connectivity index (χ0) is 41.7. The van der Waals surface area contributed by atoms with Gasteiger partial charge in [0.2, 0.25) is 27.7 Å². The molecule has 4 fully saturated rings. The lowest BCUT2D eigenvalue weighted by atomic mass is 9.88. The Morgan fingerprint density at radius 3 is 2.45 bits per heavy atom. The lowest BCUT2D eigenvalue weighted by Gasteiger charge is -2.37. The van der Waals surface area contributed by atoms with Crippen LogP contribution in [0.25, 0.3) is 10.8 Å². The van der Waals surface area contributed by atoms with Crippen molar-refractivity contribution >= 4 is 50.3 Å². The number of carbonyl (C=O) groups is 4. The number of benzene rings is 1. The van der Waals surface area contributed by atoms with Gasteiger partial charge in [-0.3, -0.25) is 19.1 Å². The Morgan fingerprint density at radius 1 is 1.05 bits per heavy atom. The summed E-state index contributed by atoms with van der Waals surface area (Å²) in [4.78, 5) is 63.4. The topological polar surface area (TPSA) is 206 Å². The molecule has 4 amide bonds. The maximum atomic E-state index is 14.6. The number of methoxy groups -OCH3 is 1. The minimum absolute atomic E-state index is 0.00309. The van der Waals surface area contributed by atoms with Crippen LogP contribution in [0.4, 0.5) is 10.5 Å². The van der Waals surface area contributed by atoms with Gasteiger partial charge in [-0.1, -0.05) is 26.0 Å². The fourth-order valence-electron chi connectivity index (χ4n) is 8.92. The number of hydrogen-bond acceptors (Lipinski definition) is 11. The highest BCUT2D eigenvalue weighted by Gasteiger charge is 2.63. The SMILES string of the molecule is COc1ccc2c(O[C@@H]3C[C@H]4C(=O)N[C@]5(C(=O)NS(=O)(=O)C6(C)CC6)C[C@H]5/C=C\CC[C@@H](C)C[C@@H](C)[C@H](NC(=O)O)C(=O)N4C3)ncc(N3C[C@@H](C)O[C@@H](C)C3)c2c1. The summed E-state index contributed by atoms with van der Waals surface area (Å²) in [6.45, 7) is 10.7. The standard InChI is InChI=1S/C41H56N6O10S/c1-23-9-7-8-10-27-18-41(27,38(50)45-58(53,54)40(5)13-14-40)44-35(48)32-17-29(22-47(32)37(49)34(24(2)15-23)43-39(51)52)57-36-30-12-11-28(55-6)16-31(30)33(19-42-36)46-20-25(3)56-26(4)21-46/h8,10-12,16,19,23-27,29,32,34,43H,7,9,13-15,17-18,20-22H2,1-6H3,(H,44,48)(H,45,50)(H,51,52)/b10-8-/t23-,24-,25-,26+,27-,29-,32+,34+,41-/m1/s1. The molecular formula is C41H56N6O10S. The molecule has 1 aromatic carbocycles. The van der Waals surface area contributed by atoms with E-state index in [-0.39, 0.29) is 43.4 Å². The van der Waals surface area contributed by atoms with E-state index < -0.39 is 74.1 Å². The summed E-state index contributed by atoms with van der Waals surface area (Å²) in [5.74, 6) is -1.94. The molecule has 1 aromatic heterocycles. The van der Waals surface area contributed by atoms with Gasteiger partial charge in [0.25, 0.3) is 5.91 Å². The Bertz CT molecular complexity index is 2080. The third-order valence-corrected chi connectivity index (χ3v) is 14.8. The number of ether oxygens (including phenoxy) is 3. The fourth-order valence-corrected chi connectivity index (χ4v) is 10.2. The molecule has 4 N–H and O–H groups in total. The summed E-state index contributed by atoms with van der Waals surface area (Å²) in [6.07, 6.45) is 6.32. The van der Waals surface area contributed by atoms with Crippen molar-refractivity contribution in [1.29, 1.82) is 0 Å². The molecule has 2 saturated heterocycles. The molecule has 4 heterocycles. The van der Waals surface area contributed by atoms with Crippen molar-refractivity contribution in [3.63, 3.8) is 0 Å². The summed E-state index contributed by atoms with van der Waals surface area (Å²) < 4.78 is 45.8. The van der Waals surface area contributed by atoms with E-state index in [1.165, 1.54) is 4.90 Å². The van der Waals surface area contributed by atoms with Crippen molar-refractivity contribution in [3.8, 4) is 11.6 Å². The van der Waals surface area contributed by atoms with Crippen molar-refractivity contribution in [2.45, 2.75) is 120 Å². The van der Waals surface area contributed by atoms with Gasteiger partial charge in [-0.15, -0.1) is 0 Å². The van der Waals surface area contributed by atoms with E-state index >= 15 is 0 Å². The predicted molar refractivity (Wildman–Crippen MR) is 215 cm³/mol. The first-order chi connectivity index (χ1) is 27.4. The van der Waals surface area contributed by atoms with Gasteiger partial charge in [-0.2, -0.15) is 0 Å². The molecular weight excluding hydrogens is 769 g/mol. The van der Waals surface area contributed by atoms with Crippen molar-refractivity contribution in [3.05, 3.63) is 36.5 Å². The van der Waals surface area contributed by atoms with Crippen LogP contribution in [-0.2, 0) is 29.1 Å². The van der Waals surface area contributed by atoms with Crippen LogP contribution in [0.2, 0.25) is 0 Å². The van der Waals surface area contributed by atoms with Gasteiger partial charge < -0.3 is 39.8 Å². The zero-order valence-electron chi connectivity index (χ0n) is 34.0. The number of anilines is 1. The monoisotopic (exact) mass is 824 g/mol. The van der Waals surface area contributed by atoms with Gasteiger partial charge in [0.05, 0.1) is 42.5 Å². The summed E-state index contributed by atoms with van der Waals surface area (Å²) in [6, 6.07) is 3.22. The molecule has 0 radical (unpaired) electrons. The number of sulfonamides is 1. The number of nitrogens with one attached hydrogen (secondary N) is 3. The van der Waals surface area contributed by atoms with Crippen molar-refractivity contribution < 1.29 is 46.9 Å². The van der Waals surface area contributed by atoms with Crippen LogP contribution in [-0.4, -0.2) is 115 Å². The van der Waals surface area contributed by atoms with E-state index in [4.69, 9.17) is 19.2 Å². The maximum Gasteiger partial charge on any atom is 0.405 e. The number of aromatic nitrogens is 1. The van der Waals surface area contributed by atoms with Crippen LogP contribution in [0, 0.1) is 17.8 Å². The molecule has 2 saturated carbocycles. The zero-order valence-corrected chi connectivity index (χ0v) is 34.8. The van der Waals surface area contributed by atoms with Crippen LogP contribution < -0.4 is 29.7 Å². The van der Waals surface area contributed by atoms with E-state index in [0.29, 0.717) is 49.9 Å². The van der Waals surface area contributed by atoms with E-state index in [1.807, 2.05) is 52.0 Å². The quantitative estimate of drug-likeness (QED) is 0.281. The van der Waals surface area contributed by atoms with Gasteiger partial charge in [0.1, 0.15) is 29.5 Å². The Balaban J connectivity index is 1.22. The summed E-state index contributed by atoms with van der Waals surface area (Å²) in [5.41, 5.74) is -0.685. The molecule has 0 unspecified atom stereocenters. The predicted octanol–water partition coefficient (Wildman–Crippen LogP) is 3.73. The van der Waals surface area contributed by atoms with Crippen LogP contribution in [0.3, 0.4) is 0 Å². The van der Waals surface area contributed by atoms with E-state index in [0.717, 1.165) is 17.5 Å². The summed E-state index contributed by atoms with van der Waals surface area (Å²) in [7, 11) is -2.43. The van der Waals surface area contributed by atoms with Crippen LogP contribution in [0.5, 0.6) is 11.6 Å². The number of morpholine rings is 1. The number of rotatable bonds is 8. The largest absolute Gasteiger partial charge is 0.497 e. The van der Waals surface area contributed by atoms with E-state index in [1.54, 1.807) is 26.3 Å². The van der Waals surface area contributed by atoms with Gasteiger partial charge >= 0.3 is 6.09 Å². The minimum atomic E-state index is -4.02. The highest BCUT2D eigenvalue weighted by molar-refractivity contribution is 7.91. The van der Waals surface area contributed by atoms with Crippen LogP contribution in [0.1, 0.15) is 79.6 Å². The molecule has 17 heteroatoms. The molecule has 316 valence electrons. The molecule has 5 aliphatic rings. The molecule has 3 aliphatic heterocycles. The summed E-state index contributed by atoms with van der Waals surface area (Å²) >= 11 is 0. The second-order valence-electron chi connectivity index (χ2n) is 17.4. The number of hydrogen-bond donors (Lipinski definition) is 4. The number of fused-ring (bicyclic) bond motifs is 3. The first-order valence-corrected chi connectivity index (χ1v) is 21.8. The maximum absolute atomic E-state index is 14.6. The highest BCUT2D eigenvalue weighted by atomic mass is 32.2. The molecule has 7 rings (SSSR count). The van der Waals surface area contributed by atoms with Gasteiger partial charge in [0.15, 0.2) is 0 Å². The average Bonchev–Trinajstić information content (AvgIpc) is 4.04. The Kier molecular flexibility index (Phi) is 11.3. The number of carboxylic acid groups (broad SMARTS) is 1. The third-order valence-electron chi connectivity index (χ3n) is 12.6. The van der Waals surface area contributed by atoms with Gasteiger partial charge in [0, 0.05) is 36.2 Å². The van der Waals surface area contributed by atoms with Gasteiger partial charge in [-0.05, 0) is 89.3 Å². The Hall–Kier alpha value is -4.64. The second-order valence-corrected chi connectivity index (χ2v) is 19.6.